The van der Waals surface area contributed by atoms with Crippen molar-refractivity contribution < 1.29 is 14.6 Å². The number of ether oxygens (including phenoxy) is 1. The first-order valence-corrected chi connectivity index (χ1v) is 6.95. The molecule has 1 N–H and O–H groups in total. The fraction of sp³-hybridized carbons (Fsp3) is 0.800. The second kappa shape index (κ2) is 3.60. The van der Waals surface area contributed by atoms with Gasteiger partial charge in [0.15, 0.2) is 0 Å². The summed E-state index contributed by atoms with van der Waals surface area (Å²) in [4.78, 5) is 11.7. The average molecular weight is 250 g/mol. The van der Waals surface area contributed by atoms with Gasteiger partial charge in [-0.3, -0.25) is 0 Å². The van der Waals surface area contributed by atoms with Crippen molar-refractivity contribution in [3.63, 3.8) is 0 Å². The van der Waals surface area contributed by atoms with Gasteiger partial charge in [-0.25, -0.2) is 4.79 Å². The lowest BCUT2D eigenvalue weighted by molar-refractivity contribution is -0.165. The first-order valence-electron chi connectivity index (χ1n) is 6.95. The zero-order valence-electron chi connectivity index (χ0n) is 11.4. The average Bonchev–Trinajstić information content (AvgIpc) is 2.54. The predicted octanol–water partition coefficient (Wildman–Crippen LogP) is 2.64. The van der Waals surface area contributed by atoms with Crippen molar-refractivity contribution in [2.24, 2.45) is 22.7 Å². The largest absolute Gasteiger partial charge is 0.432 e. The third kappa shape index (κ3) is 1.43. The highest BCUT2D eigenvalue weighted by molar-refractivity contribution is 5.91. The molecule has 0 aromatic rings. The van der Waals surface area contributed by atoms with Crippen molar-refractivity contribution in [2.75, 3.05) is 0 Å². The monoisotopic (exact) mass is 250 g/mol. The zero-order valence-corrected chi connectivity index (χ0v) is 11.4. The minimum atomic E-state index is -0.939. The third-order valence-electron chi connectivity index (χ3n) is 5.64. The first kappa shape index (κ1) is 12.2. The third-order valence-corrected chi connectivity index (χ3v) is 5.64. The second-order valence-electron chi connectivity index (χ2n) is 7.07. The van der Waals surface area contributed by atoms with Crippen LogP contribution in [0.25, 0.3) is 0 Å². The Morgan fingerprint density at radius 1 is 1.33 bits per heavy atom. The number of carbonyl (C=O) groups excluding carboxylic acids is 1. The van der Waals surface area contributed by atoms with E-state index < -0.39 is 6.29 Å². The normalized spacial score (nSPS) is 45.9. The minimum Gasteiger partial charge on any atom is -0.432 e. The van der Waals surface area contributed by atoms with E-state index in [9.17, 15) is 9.90 Å². The van der Waals surface area contributed by atoms with Crippen LogP contribution in [0.3, 0.4) is 0 Å². The van der Waals surface area contributed by atoms with Gasteiger partial charge in [-0.05, 0) is 36.0 Å². The minimum absolute atomic E-state index is 0.00257. The molecule has 2 aliphatic carbocycles. The van der Waals surface area contributed by atoms with E-state index in [1.165, 1.54) is 12.8 Å². The van der Waals surface area contributed by atoms with Crippen LogP contribution in [0.1, 0.15) is 46.5 Å². The number of hydrogen-bond donors (Lipinski definition) is 1. The number of carbonyl (C=O) groups is 1. The Morgan fingerprint density at radius 2 is 2.06 bits per heavy atom. The fourth-order valence-electron chi connectivity index (χ4n) is 4.79. The molecule has 0 bridgehead atoms. The molecule has 1 saturated heterocycles. The Bertz CT molecular complexity index is 423. The van der Waals surface area contributed by atoms with Gasteiger partial charge in [-0.15, -0.1) is 0 Å². The summed E-state index contributed by atoms with van der Waals surface area (Å²) in [6.07, 6.45) is 5.50. The number of aliphatic hydroxyl groups is 1. The zero-order chi connectivity index (χ0) is 13.1. The number of hydrogen-bond acceptors (Lipinski definition) is 3. The highest BCUT2D eigenvalue weighted by atomic mass is 16.6. The molecule has 3 rings (SSSR count). The predicted molar refractivity (Wildman–Crippen MR) is 67.5 cm³/mol. The molecular formula is C15H22O3. The fourth-order valence-corrected chi connectivity index (χ4v) is 4.79. The standard InChI is InChI=1S/C15H22O3/c1-14(2)7-4-8-15(3)10(14)6-5-9-11(15)13(17)18-12(9)16/h5,10-11,13,17H,4,6-8H2,1-3H3/t10-,11+,13?,15+/m1/s1. The van der Waals surface area contributed by atoms with E-state index in [1.54, 1.807) is 0 Å². The van der Waals surface area contributed by atoms with Crippen LogP contribution in [-0.2, 0) is 9.53 Å². The van der Waals surface area contributed by atoms with E-state index in [0.717, 1.165) is 18.4 Å². The van der Waals surface area contributed by atoms with Crippen LogP contribution in [0.2, 0.25) is 0 Å². The van der Waals surface area contributed by atoms with Gasteiger partial charge in [0.05, 0.1) is 5.92 Å². The molecule has 18 heavy (non-hydrogen) atoms. The van der Waals surface area contributed by atoms with E-state index in [1.807, 2.05) is 6.08 Å². The molecule has 3 nitrogen and oxygen atoms in total. The molecule has 0 spiro atoms. The lowest BCUT2D eigenvalue weighted by Gasteiger charge is -2.55. The van der Waals surface area contributed by atoms with E-state index >= 15 is 0 Å². The molecule has 0 radical (unpaired) electrons. The highest BCUT2D eigenvalue weighted by Crippen LogP contribution is 2.61. The molecule has 0 aromatic heterocycles. The van der Waals surface area contributed by atoms with Gasteiger partial charge in [0.2, 0.25) is 6.29 Å². The molecule has 0 amide bonds. The summed E-state index contributed by atoms with van der Waals surface area (Å²) in [6.45, 7) is 6.87. The summed E-state index contributed by atoms with van der Waals surface area (Å²) in [7, 11) is 0. The highest BCUT2D eigenvalue weighted by Gasteiger charge is 2.59. The van der Waals surface area contributed by atoms with Gasteiger partial charge in [-0.2, -0.15) is 0 Å². The Balaban J connectivity index is 2.06. The summed E-state index contributed by atoms with van der Waals surface area (Å²) in [6, 6.07) is 0. The molecule has 100 valence electrons. The van der Waals surface area contributed by atoms with Crippen molar-refractivity contribution >= 4 is 5.97 Å². The summed E-state index contributed by atoms with van der Waals surface area (Å²) in [5.74, 6) is 0.0931. The maximum atomic E-state index is 11.7. The number of allylic oxidation sites excluding steroid dienone is 1. The lowest BCUT2D eigenvalue weighted by Crippen LogP contribution is -2.50. The van der Waals surface area contributed by atoms with Gasteiger partial charge >= 0.3 is 5.97 Å². The quantitative estimate of drug-likeness (QED) is 0.672. The molecule has 1 saturated carbocycles. The van der Waals surface area contributed by atoms with Gasteiger partial charge in [0.25, 0.3) is 0 Å². The summed E-state index contributed by atoms with van der Waals surface area (Å²) >= 11 is 0. The van der Waals surface area contributed by atoms with Crippen LogP contribution < -0.4 is 0 Å². The lowest BCUT2D eigenvalue weighted by atomic mass is 9.49. The number of rotatable bonds is 0. The van der Waals surface area contributed by atoms with Crippen LogP contribution in [-0.4, -0.2) is 17.4 Å². The van der Waals surface area contributed by atoms with Gasteiger partial charge in [0, 0.05) is 5.57 Å². The molecule has 3 aliphatic rings. The Hall–Kier alpha value is -0.830. The van der Waals surface area contributed by atoms with Crippen molar-refractivity contribution in [1.29, 1.82) is 0 Å². The summed E-state index contributed by atoms with van der Waals surface area (Å²) in [5.41, 5.74) is 0.997. The van der Waals surface area contributed by atoms with Gasteiger partial charge in [-0.1, -0.05) is 33.3 Å². The number of fused-ring (bicyclic) bond motifs is 3. The van der Waals surface area contributed by atoms with E-state index in [4.69, 9.17) is 4.74 Å². The number of cyclic esters (lactones) is 1. The second-order valence-corrected chi connectivity index (χ2v) is 7.07. The van der Waals surface area contributed by atoms with Crippen LogP contribution in [0, 0.1) is 22.7 Å². The molecular weight excluding hydrogens is 228 g/mol. The number of aliphatic hydroxyl groups excluding tert-OH is 1. The molecule has 2 fully saturated rings. The van der Waals surface area contributed by atoms with E-state index in [0.29, 0.717) is 5.92 Å². The van der Waals surface area contributed by atoms with E-state index in [-0.39, 0.29) is 22.7 Å². The van der Waals surface area contributed by atoms with Crippen molar-refractivity contribution in [3.05, 3.63) is 11.6 Å². The van der Waals surface area contributed by atoms with Crippen LogP contribution >= 0.6 is 0 Å². The molecule has 4 atom stereocenters. The topological polar surface area (TPSA) is 46.5 Å². The van der Waals surface area contributed by atoms with Gasteiger partial charge in [0.1, 0.15) is 0 Å². The van der Waals surface area contributed by atoms with Crippen molar-refractivity contribution in [2.45, 2.75) is 52.7 Å². The van der Waals surface area contributed by atoms with Crippen molar-refractivity contribution in [1.82, 2.24) is 0 Å². The van der Waals surface area contributed by atoms with Gasteiger partial charge < -0.3 is 9.84 Å². The Morgan fingerprint density at radius 3 is 2.78 bits per heavy atom. The molecule has 1 heterocycles. The van der Waals surface area contributed by atoms with Crippen LogP contribution in [0.15, 0.2) is 11.6 Å². The first-order chi connectivity index (χ1) is 8.36. The molecule has 0 aromatic carbocycles. The Labute approximate surface area is 108 Å². The van der Waals surface area contributed by atoms with Crippen molar-refractivity contribution in [3.8, 4) is 0 Å². The maximum absolute atomic E-state index is 11.7. The van der Waals surface area contributed by atoms with Crippen LogP contribution in [0.4, 0.5) is 0 Å². The van der Waals surface area contributed by atoms with Crippen LogP contribution in [0.5, 0.6) is 0 Å². The Kier molecular flexibility index (Phi) is 2.44. The summed E-state index contributed by atoms with van der Waals surface area (Å²) in [5, 5.41) is 10.1. The smallest absolute Gasteiger partial charge is 0.336 e. The van der Waals surface area contributed by atoms with E-state index in [2.05, 4.69) is 20.8 Å². The molecule has 1 unspecified atom stereocenters. The summed E-state index contributed by atoms with van der Waals surface area (Å²) < 4.78 is 5.04. The maximum Gasteiger partial charge on any atom is 0.336 e. The molecule has 3 heteroatoms. The number of esters is 1. The molecule has 1 aliphatic heterocycles. The SMILES string of the molecule is CC1(C)CCC[C@@]2(C)[C@@H]1CC=C1C(=O)OC(O)[C@H]12.